The van der Waals surface area contributed by atoms with Gasteiger partial charge in [-0.3, -0.25) is 9.69 Å². The minimum Gasteiger partial charge on any atom is -0.469 e. The van der Waals surface area contributed by atoms with Gasteiger partial charge in [-0.15, -0.1) is 6.42 Å². The first-order valence-electron chi connectivity index (χ1n) is 4.36. The van der Waals surface area contributed by atoms with Crippen LogP contribution in [-0.2, 0) is 9.53 Å². The summed E-state index contributed by atoms with van der Waals surface area (Å²) in [5.74, 6) is 2.45. The second kappa shape index (κ2) is 3.80. The zero-order chi connectivity index (χ0) is 9.90. The van der Waals surface area contributed by atoms with E-state index in [0.29, 0.717) is 13.1 Å². The highest BCUT2D eigenvalue weighted by Crippen LogP contribution is 2.30. The average molecular weight is 181 g/mol. The smallest absolute Gasteiger partial charge is 0.312 e. The maximum atomic E-state index is 11.4. The summed E-state index contributed by atoms with van der Waals surface area (Å²) in [6.45, 7) is 4.14. The molecule has 0 aromatic rings. The number of methoxy groups -OCH3 is 1. The second-order valence-corrected chi connectivity index (χ2v) is 3.72. The van der Waals surface area contributed by atoms with Gasteiger partial charge in [0.05, 0.1) is 19.1 Å². The Hall–Kier alpha value is -1.01. The summed E-state index contributed by atoms with van der Waals surface area (Å²) in [6, 6.07) is 0. The Kier molecular flexibility index (Phi) is 2.94. The molecule has 0 saturated carbocycles. The summed E-state index contributed by atoms with van der Waals surface area (Å²) in [5.41, 5.74) is -0.356. The zero-order valence-corrected chi connectivity index (χ0v) is 8.17. The van der Waals surface area contributed by atoms with Crippen LogP contribution in [0.5, 0.6) is 0 Å². The van der Waals surface area contributed by atoms with E-state index in [4.69, 9.17) is 11.2 Å². The van der Waals surface area contributed by atoms with Crippen LogP contribution in [0, 0.1) is 17.8 Å². The lowest BCUT2D eigenvalue weighted by Crippen LogP contribution is -2.33. The molecule has 1 aliphatic rings. The predicted octanol–water partition coefficient (Wildman–Crippen LogP) is 0.505. The number of likely N-dealkylation sites (tertiary alicyclic amines) is 1. The molecule has 3 nitrogen and oxygen atoms in total. The highest BCUT2D eigenvalue weighted by molar-refractivity contribution is 5.76. The first-order chi connectivity index (χ1) is 6.12. The Morgan fingerprint density at radius 1 is 1.77 bits per heavy atom. The van der Waals surface area contributed by atoms with Crippen LogP contribution in [0.15, 0.2) is 0 Å². The highest BCUT2D eigenvalue weighted by atomic mass is 16.5. The van der Waals surface area contributed by atoms with Crippen molar-refractivity contribution in [2.75, 3.05) is 26.7 Å². The molecule has 0 aliphatic carbocycles. The van der Waals surface area contributed by atoms with Crippen LogP contribution in [0.25, 0.3) is 0 Å². The number of carbonyl (C=O) groups excluding carboxylic acids is 1. The lowest BCUT2D eigenvalue weighted by molar-refractivity contribution is -0.150. The molecule has 0 N–H and O–H groups in total. The van der Waals surface area contributed by atoms with Crippen molar-refractivity contribution in [3.8, 4) is 12.3 Å². The molecule has 1 aliphatic heterocycles. The molecule has 72 valence electrons. The molecule has 0 bridgehead atoms. The number of carbonyl (C=O) groups is 1. The van der Waals surface area contributed by atoms with Crippen LogP contribution in [0.4, 0.5) is 0 Å². The molecule has 0 aromatic heterocycles. The first-order valence-corrected chi connectivity index (χ1v) is 4.36. The van der Waals surface area contributed by atoms with E-state index in [1.165, 1.54) is 7.11 Å². The largest absolute Gasteiger partial charge is 0.469 e. The SMILES string of the molecule is C#CCN1CCC(C)(C(=O)OC)C1. The van der Waals surface area contributed by atoms with Gasteiger partial charge < -0.3 is 4.74 Å². The molecule has 3 heteroatoms. The molecule has 1 rings (SSSR count). The Labute approximate surface area is 79.1 Å². The molecule has 13 heavy (non-hydrogen) atoms. The molecule has 0 aromatic carbocycles. The van der Waals surface area contributed by atoms with Crippen molar-refractivity contribution in [1.29, 1.82) is 0 Å². The fourth-order valence-electron chi connectivity index (χ4n) is 1.73. The van der Waals surface area contributed by atoms with Gasteiger partial charge in [-0.25, -0.2) is 0 Å². The molecular formula is C10H15NO2. The summed E-state index contributed by atoms with van der Waals surface area (Å²) in [5, 5.41) is 0. The van der Waals surface area contributed by atoms with Gasteiger partial charge in [-0.05, 0) is 13.3 Å². The zero-order valence-electron chi connectivity index (χ0n) is 8.17. The minimum atomic E-state index is -0.356. The summed E-state index contributed by atoms with van der Waals surface area (Å²) < 4.78 is 4.75. The van der Waals surface area contributed by atoms with E-state index in [1.54, 1.807) is 0 Å². The second-order valence-electron chi connectivity index (χ2n) is 3.72. The van der Waals surface area contributed by atoms with Crippen LogP contribution < -0.4 is 0 Å². The number of nitrogens with zero attached hydrogens (tertiary/aromatic N) is 1. The summed E-state index contributed by atoms with van der Waals surface area (Å²) in [7, 11) is 1.43. The Morgan fingerprint density at radius 3 is 3.00 bits per heavy atom. The number of rotatable bonds is 2. The number of ether oxygens (including phenoxy) is 1. The maximum absolute atomic E-state index is 11.4. The van der Waals surface area contributed by atoms with Crippen molar-refractivity contribution >= 4 is 5.97 Å². The summed E-state index contributed by atoms with van der Waals surface area (Å²) in [4.78, 5) is 13.5. The number of esters is 1. The average Bonchev–Trinajstić information content (AvgIpc) is 2.48. The van der Waals surface area contributed by atoms with E-state index in [9.17, 15) is 4.79 Å². The Bertz CT molecular complexity index is 244. The topological polar surface area (TPSA) is 29.5 Å². The van der Waals surface area contributed by atoms with Crippen LogP contribution >= 0.6 is 0 Å². The van der Waals surface area contributed by atoms with Gasteiger partial charge in [0.15, 0.2) is 0 Å². The number of hydrogen-bond acceptors (Lipinski definition) is 3. The van der Waals surface area contributed by atoms with Crippen LogP contribution in [0.1, 0.15) is 13.3 Å². The van der Waals surface area contributed by atoms with Gasteiger partial charge >= 0.3 is 5.97 Å². The van der Waals surface area contributed by atoms with Gasteiger partial charge in [-0.2, -0.15) is 0 Å². The number of terminal acetylenes is 1. The van der Waals surface area contributed by atoms with E-state index < -0.39 is 0 Å². The third kappa shape index (κ3) is 2.02. The number of hydrogen-bond donors (Lipinski definition) is 0. The first kappa shape index (κ1) is 10.1. The highest BCUT2D eigenvalue weighted by Gasteiger charge is 2.40. The van der Waals surface area contributed by atoms with Gasteiger partial charge in [0.25, 0.3) is 0 Å². The van der Waals surface area contributed by atoms with E-state index in [0.717, 1.165) is 13.0 Å². The molecule has 1 atom stereocenters. The molecule has 1 unspecified atom stereocenters. The van der Waals surface area contributed by atoms with Crippen molar-refractivity contribution < 1.29 is 9.53 Å². The maximum Gasteiger partial charge on any atom is 0.312 e. The molecule has 1 heterocycles. The molecule has 1 fully saturated rings. The van der Waals surface area contributed by atoms with Crippen LogP contribution in [-0.4, -0.2) is 37.6 Å². The monoisotopic (exact) mass is 181 g/mol. The molecular weight excluding hydrogens is 166 g/mol. The standard InChI is InChI=1S/C10H15NO2/c1-4-6-11-7-5-10(2,8-11)9(12)13-3/h1H,5-8H2,2-3H3. The van der Waals surface area contributed by atoms with E-state index in [1.807, 2.05) is 6.92 Å². The lowest BCUT2D eigenvalue weighted by atomic mass is 9.90. The fourth-order valence-corrected chi connectivity index (χ4v) is 1.73. The lowest BCUT2D eigenvalue weighted by Gasteiger charge is -2.20. The Morgan fingerprint density at radius 2 is 2.46 bits per heavy atom. The summed E-state index contributed by atoms with van der Waals surface area (Å²) >= 11 is 0. The van der Waals surface area contributed by atoms with Gasteiger partial charge in [0, 0.05) is 13.1 Å². The van der Waals surface area contributed by atoms with Crippen LogP contribution in [0.2, 0.25) is 0 Å². The predicted molar refractivity (Wildman–Crippen MR) is 50.0 cm³/mol. The fraction of sp³-hybridized carbons (Fsp3) is 0.700. The molecule has 1 saturated heterocycles. The van der Waals surface area contributed by atoms with Crippen molar-refractivity contribution in [3.05, 3.63) is 0 Å². The molecule has 0 amide bonds. The van der Waals surface area contributed by atoms with Crippen molar-refractivity contribution in [2.45, 2.75) is 13.3 Å². The molecule has 0 radical (unpaired) electrons. The molecule has 0 spiro atoms. The van der Waals surface area contributed by atoms with Crippen LogP contribution in [0.3, 0.4) is 0 Å². The Balaban J connectivity index is 2.57. The van der Waals surface area contributed by atoms with Gasteiger partial charge in [-0.1, -0.05) is 5.92 Å². The normalized spacial score (nSPS) is 28.4. The van der Waals surface area contributed by atoms with E-state index in [-0.39, 0.29) is 11.4 Å². The van der Waals surface area contributed by atoms with E-state index >= 15 is 0 Å². The quantitative estimate of drug-likeness (QED) is 0.459. The summed E-state index contributed by atoms with van der Waals surface area (Å²) in [6.07, 6.45) is 6.03. The van der Waals surface area contributed by atoms with Crippen molar-refractivity contribution in [3.63, 3.8) is 0 Å². The van der Waals surface area contributed by atoms with E-state index in [2.05, 4.69) is 10.8 Å². The van der Waals surface area contributed by atoms with Gasteiger partial charge in [0.2, 0.25) is 0 Å². The van der Waals surface area contributed by atoms with Gasteiger partial charge in [0.1, 0.15) is 0 Å². The van der Waals surface area contributed by atoms with Crippen molar-refractivity contribution in [2.24, 2.45) is 5.41 Å². The third-order valence-electron chi connectivity index (χ3n) is 2.55. The third-order valence-corrected chi connectivity index (χ3v) is 2.55. The minimum absolute atomic E-state index is 0.132. The van der Waals surface area contributed by atoms with Crippen molar-refractivity contribution in [1.82, 2.24) is 4.90 Å².